The van der Waals surface area contributed by atoms with Crippen molar-refractivity contribution in [2.24, 2.45) is 0 Å². The van der Waals surface area contributed by atoms with Crippen LogP contribution < -0.4 is 5.32 Å². The lowest BCUT2D eigenvalue weighted by molar-refractivity contribution is -0.140. The first-order valence-electron chi connectivity index (χ1n) is 24.7. The van der Waals surface area contributed by atoms with Crippen LogP contribution in [-0.2, 0) is 52.6 Å². The SMILES string of the molecule is C.CC.CC.CC(=O)N(C)C.CC(=O)N(C)C.CC(=O)N(C)CCN(C)C.CC(=O)N1CCCC1.CC(=O)N1CCOCC1.CN/C=C\C(C)=O.CN1CCCC1=O.CN1CCOC1=O.CN1CCOCC1=O. The van der Waals surface area contributed by atoms with E-state index in [0.717, 1.165) is 71.7 Å². The molecule has 0 aliphatic carbocycles. The molecule has 73 heavy (non-hydrogen) atoms. The lowest BCUT2D eigenvalue weighted by Crippen LogP contribution is -2.39. The molecule has 5 fully saturated rings. The van der Waals surface area contributed by atoms with E-state index in [4.69, 9.17) is 9.47 Å². The molecule has 0 unspecified atom stereocenters. The average Bonchev–Trinajstić information content (AvgIpc) is 4.12. The van der Waals surface area contributed by atoms with E-state index in [1.54, 1.807) is 101 Å². The van der Waals surface area contributed by atoms with Gasteiger partial charge in [-0.05, 0) is 52.6 Å². The lowest BCUT2D eigenvalue weighted by atomic mass is 10.4. The van der Waals surface area contributed by atoms with Crippen LogP contribution in [0.2, 0.25) is 0 Å². The summed E-state index contributed by atoms with van der Waals surface area (Å²) in [6, 6.07) is 0. The molecule has 0 atom stereocenters. The predicted octanol–water partition coefficient (Wildman–Crippen LogP) is 3.49. The molecule has 0 saturated carbocycles. The van der Waals surface area contributed by atoms with Gasteiger partial charge in [0.1, 0.15) is 13.2 Å². The number of allylic oxidation sites excluding steroid dienone is 1. The summed E-state index contributed by atoms with van der Waals surface area (Å²) in [4.78, 5) is 109. The summed E-state index contributed by atoms with van der Waals surface area (Å²) in [7, 11) is 19.8. The summed E-state index contributed by atoms with van der Waals surface area (Å²) in [6.07, 6.45) is 7.06. The van der Waals surface area contributed by atoms with Gasteiger partial charge >= 0.3 is 6.09 Å². The number of morpholine rings is 2. The summed E-state index contributed by atoms with van der Waals surface area (Å²) in [5.74, 6) is 1.12. The third-order valence-corrected chi connectivity index (χ3v) is 9.67. The largest absolute Gasteiger partial charge is 0.448 e. The molecule has 5 aliphatic rings. The highest BCUT2D eigenvalue weighted by molar-refractivity contribution is 5.87. The fraction of sp³-hybridized carbons (Fsp3) is 0.784. The maximum atomic E-state index is 10.7. The summed E-state index contributed by atoms with van der Waals surface area (Å²) in [5, 5.41) is 2.70. The molecule has 0 spiro atoms. The van der Waals surface area contributed by atoms with Crippen LogP contribution in [0.15, 0.2) is 12.3 Å². The van der Waals surface area contributed by atoms with E-state index in [-0.39, 0.29) is 61.4 Å². The number of rotatable bonds is 5. The van der Waals surface area contributed by atoms with Crippen LogP contribution in [0.1, 0.15) is 102 Å². The van der Waals surface area contributed by atoms with Crippen LogP contribution in [-0.4, -0.2) is 267 Å². The van der Waals surface area contributed by atoms with Crippen molar-refractivity contribution in [2.75, 3.05) is 169 Å². The Morgan fingerprint density at radius 3 is 1.15 bits per heavy atom. The van der Waals surface area contributed by atoms with Crippen LogP contribution in [0.3, 0.4) is 0 Å². The van der Waals surface area contributed by atoms with Gasteiger partial charge in [-0.3, -0.25) is 38.4 Å². The number of carbonyl (C=O) groups is 9. The van der Waals surface area contributed by atoms with Crippen LogP contribution in [0, 0.1) is 0 Å². The standard InChI is InChI=1S/C7H16N2O.C6H11NO2.C6H11NO.C5H9NO2.2C5H9NO.C4H7NO2.2C4H9NO.2C2H6.CH4/c1-7(10)9(4)6-5-8(2)3;1-6(8)7-2-4-9-5-3-7;1-6(8)7-4-2-3-5-7;1-6-2-3-8-4-5(6)7;1-6-4-2-3-5(6)7;1-5(7)3-4-6-2;1-5-2-3-7-4(5)6;2*1-4(6)5(2)3;2*1-2;/h5-6H2,1-4H3;2-5H2,1H3;2-5H2,1H3;2-4H2,1H3;2-4H2,1H3;3-4,6H,1-2H3;2-3H2,1H3;2*1-3H3;2*1-2H3;1H4/b;;;;;4-3-;;;;;;. The Kier molecular flexibility index (Phi) is 60.9. The van der Waals surface area contributed by atoms with Crippen molar-refractivity contribution in [3.05, 3.63) is 12.3 Å². The highest BCUT2D eigenvalue weighted by Crippen LogP contribution is 2.06. The highest BCUT2D eigenvalue weighted by Gasteiger charge is 2.17. The monoisotopic (exact) mass is 1050 g/mol. The van der Waals surface area contributed by atoms with Crippen molar-refractivity contribution >= 4 is 53.2 Å². The first-order chi connectivity index (χ1) is 33.6. The van der Waals surface area contributed by atoms with Gasteiger partial charge in [-0.15, -0.1) is 0 Å². The number of ketones is 1. The van der Waals surface area contributed by atoms with Gasteiger partial charge < -0.3 is 63.6 Å². The molecule has 0 radical (unpaired) electrons. The first-order valence-corrected chi connectivity index (χ1v) is 24.7. The van der Waals surface area contributed by atoms with Crippen LogP contribution in [0.25, 0.3) is 0 Å². The second-order valence-corrected chi connectivity index (χ2v) is 16.5. The number of hydrogen-bond donors (Lipinski definition) is 1. The second kappa shape index (κ2) is 54.4. The van der Waals surface area contributed by atoms with E-state index in [0.29, 0.717) is 32.3 Å². The molecule has 5 aliphatic heterocycles. The van der Waals surface area contributed by atoms with E-state index in [1.807, 2.05) is 60.8 Å². The number of nitrogens with one attached hydrogen (secondary N) is 1. The summed E-state index contributed by atoms with van der Waals surface area (Å²) in [5.41, 5.74) is 0. The molecule has 0 aromatic carbocycles. The van der Waals surface area contributed by atoms with Crippen molar-refractivity contribution in [1.82, 2.24) is 49.4 Å². The van der Waals surface area contributed by atoms with Gasteiger partial charge in [0, 0.05) is 157 Å². The minimum absolute atomic E-state index is 0. The minimum atomic E-state index is -0.208. The zero-order chi connectivity index (χ0) is 57.4. The minimum Gasteiger partial charge on any atom is -0.448 e. The zero-order valence-electron chi connectivity index (χ0n) is 48.8. The topological polar surface area (TPSA) is 223 Å². The third-order valence-electron chi connectivity index (χ3n) is 9.67. The molecule has 432 valence electrons. The molecular weight excluding hydrogens is 945 g/mol. The normalized spacial score (nSPS) is 14.7. The first kappa shape index (κ1) is 81.7. The summed E-state index contributed by atoms with van der Waals surface area (Å²) in [6.45, 7) is 27.9. The molecule has 0 aromatic rings. The number of nitrogens with zero attached hydrogens (tertiary/aromatic N) is 9. The number of hydrogen-bond acceptors (Lipinski definition) is 14. The van der Waals surface area contributed by atoms with E-state index < -0.39 is 0 Å². The Balaban J connectivity index is -0.000000133. The van der Waals surface area contributed by atoms with E-state index >= 15 is 0 Å². The molecule has 22 heteroatoms. The summed E-state index contributed by atoms with van der Waals surface area (Å²) >= 11 is 0. The molecule has 5 rings (SSSR count). The third kappa shape index (κ3) is 57.4. The van der Waals surface area contributed by atoms with Crippen molar-refractivity contribution in [3.8, 4) is 0 Å². The fourth-order valence-corrected chi connectivity index (χ4v) is 4.47. The number of cyclic esters (lactones) is 1. The number of carbonyl (C=O) groups excluding carboxylic acids is 9. The van der Waals surface area contributed by atoms with Gasteiger partial charge in [0.05, 0.1) is 26.4 Å². The van der Waals surface area contributed by atoms with Gasteiger partial charge in [0.25, 0.3) is 0 Å². The molecule has 1 N–H and O–H groups in total. The number of amides is 8. The fourth-order valence-electron chi connectivity index (χ4n) is 4.47. The maximum absolute atomic E-state index is 10.7. The predicted molar refractivity (Wildman–Crippen MR) is 293 cm³/mol. The van der Waals surface area contributed by atoms with Gasteiger partial charge in [0.15, 0.2) is 5.78 Å². The number of likely N-dealkylation sites (tertiary alicyclic amines) is 2. The number of likely N-dealkylation sites (N-methyl/N-ethyl adjacent to an activating group) is 4. The Hall–Kier alpha value is -5.35. The van der Waals surface area contributed by atoms with Crippen molar-refractivity contribution in [2.45, 2.75) is 102 Å². The molecule has 0 aromatic heterocycles. The van der Waals surface area contributed by atoms with Gasteiger partial charge in [-0.1, -0.05) is 35.1 Å². The van der Waals surface area contributed by atoms with Crippen molar-refractivity contribution in [3.63, 3.8) is 0 Å². The van der Waals surface area contributed by atoms with Gasteiger partial charge in [0.2, 0.25) is 41.4 Å². The Morgan fingerprint density at radius 2 is 0.959 bits per heavy atom. The van der Waals surface area contributed by atoms with Crippen LogP contribution >= 0.6 is 0 Å². The van der Waals surface area contributed by atoms with E-state index in [1.165, 1.54) is 49.5 Å². The quantitative estimate of drug-likeness (QED) is 0.390. The van der Waals surface area contributed by atoms with E-state index in [2.05, 4.69) is 15.0 Å². The maximum Gasteiger partial charge on any atom is 0.409 e. The molecule has 22 nitrogen and oxygen atoms in total. The summed E-state index contributed by atoms with van der Waals surface area (Å²) < 4.78 is 14.5. The molecule has 0 bridgehead atoms. The zero-order valence-corrected chi connectivity index (χ0v) is 48.8. The Labute approximate surface area is 443 Å². The average molecular weight is 1050 g/mol. The van der Waals surface area contributed by atoms with Gasteiger partial charge in [-0.2, -0.15) is 0 Å². The lowest BCUT2D eigenvalue weighted by Gasteiger charge is -2.25. The Bertz CT molecular complexity index is 1450. The smallest absolute Gasteiger partial charge is 0.409 e. The highest BCUT2D eigenvalue weighted by atomic mass is 16.6. The molecule has 5 saturated heterocycles. The van der Waals surface area contributed by atoms with Crippen molar-refractivity contribution in [1.29, 1.82) is 0 Å². The molecular formula is C51H106N10O12. The number of ether oxygens (including phenoxy) is 3. The Morgan fingerprint density at radius 1 is 0.548 bits per heavy atom. The molecule has 8 amide bonds. The van der Waals surface area contributed by atoms with Gasteiger partial charge in [-0.25, -0.2) is 4.79 Å². The van der Waals surface area contributed by atoms with Crippen LogP contribution in [0.5, 0.6) is 0 Å². The van der Waals surface area contributed by atoms with Crippen LogP contribution in [0.4, 0.5) is 4.79 Å². The molecule has 5 heterocycles. The second-order valence-electron chi connectivity index (χ2n) is 16.5. The van der Waals surface area contributed by atoms with E-state index in [9.17, 15) is 43.2 Å². The van der Waals surface area contributed by atoms with Crippen molar-refractivity contribution < 1.29 is 57.4 Å².